The summed E-state index contributed by atoms with van der Waals surface area (Å²) in [6.45, 7) is 1.51. The van der Waals surface area contributed by atoms with Crippen LogP contribution in [0.15, 0.2) is 34.7 Å². The van der Waals surface area contributed by atoms with Crippen LogP contribution in [0.3, 0.4) is 0 Å². The lowest BCUT2D eigenvalue weighted by molar-refractivity contribution is 0.101. The standard InChI is InChI=1S/C19H17FN2O2/c1-10(23)16-15-9-14(11-3-4-11)18(21-2)22-19(15)24-17(16)12-5-7-13(20)8-6-12/h5-9,11H,3-4H2,1-2H3,(H,21,22). The third-order valence-electron chi connectivity index (χ3n) is 4.42. The fourth-order valence-corrected chi connectivity index (χ4v) is 3.10. The molecule has 4 rings (SSSR count). The molecule has 2 heterocycles. The Balaban J connectivity index is 1.98. The Bertz CT molecular complexity index is 940. The van der Waals surface area contributed by atoms with Crippen LogP contribution in [0, 0.1) is 5.82 Å². The van der Waals surface area contributed by atoms with Gasteiger partial charge in [0.05, 0.1) is 10.9 Å². The number of hydrogen-bond donors (Lipinski definition) is 1. The number of nitrogens with zero attached hydrogens (tertiary/aromatic N) is 1. The molecule has 0 unspecified atom stereocenters. The van der Waals surface area contributed by atoms with E-state index in [0.29, 0.717) is 28.5 Å². The Morgan fingerprint density at radius 2 is 2.00 bits per heavy atom. The topological polar surface area (TPSA) is 55.1 Å². The highest BCUT2D eigenvalue weighted by atomic mass is 19.1. The molecule has 0 radical (unpaired) electrons. The van der Waals surface area contributed by atoms with Crippen molar-refractivity contribution in [2.24, 2.45) is 0 Å². The van der Waals surface area contributed by atoms with Gasteiger partial charge in [-0.15, -0.1) is 0 Å². The summed E-state index contributed by atoms with van der Waals surface area (Å²) in [5.74, 6) is 1.31. The third-order valence-corrected chi connectivity index (χ3v) is 4.42. The summed E-state index contributed by atoms with van der Waals surface area (Å²) in [6, 6.07) is 7.95. The van der Waals surface area contributed by atoms with E-state index in [1.165, 1.54) is 19.1 Å². The Morgan fingerprint density at radius 3 is 2.58 bits per heavy atom. The van der Waals surface area contributed by atoms with Crippen LogP contribution in [0.2, 0.25) is 0 Å². The molecule has 0 spiro atoms. The van der Waals surface area contributed by atoms with Gasteiger partial charge >= 0.3 is 0 Å². The molecular formula is C19H17FN2O2. The summed E-state index contributed by atoms with van der Waals surface area (Å²) in [5, 5.41) is 3.83. The maximum absolute atomic E-state index is 13.2. The van der Waals surface area contributed by atoms with Gasteiger partial charge in [0, 0.05) is 12.6 Å². The first kappa shape index (κ1) is 14.9. The second kappa shape index (κ2) is 5.44. The number of anilines is 1. The van der Waals surface area contributed by atoms with Gasteiger partial charge in [-0.3, -0.25) is 4.79 Å². The van der Waals surface area contributed by atoms with Gasteiger partial charge in [0.25, 0.3) is 0 Å². The first-order chi connectivity index (χ1) is 11.6. The molecule has 0 aliphatic heterocycles. The minimum absolute atomic E-state index is 0.0890. The van der Waals surface area contributed by atoms with Crippen molar-refractivity contribution < 1.29 is 13.6 Å². The molecule has 0 saturated heterocycles. The molecule has 1 fully saturated rings. The van der Waals surface area contributed by atoms with Crippen molar-refractivity contribution in [2.75, 3.05) is 12.4 Å². The predicted octanol–water partition coefficient (Wildman–Crippen LogP) is 4.76. The molecule has 3 aromatic rings. The van der Waals surface area contributed by atoms with E-state index in [1.807, 2.05) is 13.1 Å². The summed E-state index contributed by atoms with van der Waals surface area (Å²) in [5.41, 5.74) is 2.72. The molecule has 1 saturated carbocycles. The summed E-state index contributed by atoms with van der Waals surface area (Å²) < 4.78 is 19.1. The number of nitrogens with one attached hydrogen (secondary N) is 1. The van der Waals surface area contributed by atoms with E-state index in [2.05, 4.69) is 10.3 Å². The van der Waals surface area contributed by atoms with Crippen LogP contribution < -0.4 is 5.32 Å². The molecule has 1 aromatic carbocycles. The Hall–Kier alpha value is -2.69. The van der Waals surface area contributed by atoms with Crippen LogP contribution in [-0.2, 0) is 0 Å². The van der Waals surface area contributed by atoms with Gasteiger partial charge < -0.3 is 9.73 Å². The van der Waals surface area contributed by atoms with Crippen molar-refractivity contribution in [3.05, 3.63) is 47.3 Å². The Labute approximate surface area is 138 Å². The molecule has 0 bridgehead atoms. The zero-order valence-corrected chi connectivity index (χ0v) is 13.5. The van der Waals surface area contributed by atoms with Crippen molar-refractivity contribution in [3.63, 3.8) is 0 Å². The number of Topliss-reactive ketones (excluding diaryl/α,β-unsaturated/α-hetero) is 1. The lowest BCUT2D eigenvalue weighted by Gasteiger charge is -2.06. The van der Waals surface area contributed by atoms with Crippen molar-refractivity contribution in [1.82, 2.24) is 4.98 Å². The first-order valence-electron chi connectivity index (χ1n) is 8.00. The number of fused-ring (bicyclic) bond motifs is 1. The van der Waals surface area contributed by atoms with Gasteiger partial charge in [0.2, 0.25) is 5.71 Å². The monoisotopic (exact) mass is 324 g/mol. The number of pyridine rings is 1. The van der Waals surface area contributed by atoms with Crippen molar-refractivity contribution in [2.45, 2.75) is 25.7 Å². The van der Waals surface area contributed by atoms with E-state index in [9.17, 15) is 9.18 Å². The maximum atomic E-state index is 13.2. The molecule has 1 N–H and O–H groups in total. The number of halogens is 1. The minimum Gasteiger partial charge on any atom is -0.437 e. The Morgan fingerprint density at radius 1 is 1.29 bits per heavy atom. The first-order valence-corrected chi connectivity index (χ1v) is 8.00. The van der Waals surface area contributed by atoms with Crippen LogP contribution >= 0.6 is 0 Å². The lowest BCUT2D eigenvalue weighted by Crippen LogP contribution is -1.99. The number of carbonyl (C=O) groups is 1. The SMILES string of the molecule is CNc1nc2oc(-c3ccc(F)cc3)c(C(C)=O)c2cc1C1CC1. The zero-order valence-electron chi connectivity index (χ0n) is 13.5. The molecule has 0 amide bonds. The smallest absolute Gasteiger partial charge is 0.229 e. The summed E-state index contributed by atoms with van der Waals surface area (Å²) in [7, 11) is 1.83. The summed E-state index contributed by atoms with van der Waals surface area (Å²) in [4.78, 5) is 16.8. The number of ketones is 1. The van der Waals surface area contributed by atoms with E-state index in [4.69, 9.17) is 4.42 Å². The second-order valence-corrected chi connectivity index (χ2v) is 6.17. The third kappa shape index (κ3) is 2.37. The Kier molecular flexibility index (Phi) is 3.37. The largest absolute Gasteiger partial charge is 0.437 e. The highest BCUT2D eigenvalue weighted by molar-refractivity contribution is 6.10. The normalized spacial score (nSPS) is 14.1. The van der Waals surface area contributed by atoms with Gasteiger partial charge in [-0.1, -0.05) is 0 Å². The quantitative estimate of drug-likeness (QED) is 0.703. The van der Waals surface area contributed by atoms with Gasteiger partial charge in [-0.05, 0) is 61.6 Å². The molecular weight excluding hydrogens is 307 g/mol. The van der Waals surface area contributed by atoms with Crippen LogP contribution in [-0.4, -0.2) is 17.8 Å². The molecule has 24 heavy (non-hydrogen) atoms. The number of aromatic nitrogens is 1. The molecule has 1 aliphatic rings. The van der Waals surface area contributed by atoms with E-state index >= 15 is 0 Å². The van der Waals surface area contributed by atoms with Gasteiger partial charge in [0.15, 0.2) is 5.78 Å². The minimum atomic E-state index is -0.328. The highest BCUT2D eigenvalue weighted by Gasteiger charge is 2.29. The van der Waals surface area contributed by atoms with E-state index in [0.717, 1.165) is 29.6 Å². The van der Waals surface area contributed by atoms with Gasteiger partial charge in [-0.2, -0.15) is 4.98 Å². The number of benzene rings is 1. The summed E-state index contributed by atoms with van der Waals surface area (Å²) in [6.07, 6.45) is 2.28. The van der Waals surface area contributed by atoms with Gasteiger partial charge in [0.1, 0.15) is 17.4 Å². The molecule has 1 aliphatic carbocycles. The molecule has 4 nitrogen and oxygen atoms in total. The van der Waals surface area contributed by atoms with Crippen LogP contribution in [0.5, 0.6) is 0 Å². The van der Waals surface area contributed by atoms with E-state index in [1.54, 1.807) is 12.1 Å². The predicted molar refractivity (Wildman–Crippen MR) is 90.9 cm³/mol. The summed E-state index contributed by atoms with van der Waals surface area (Å²) >= 11 is 0. The van der Waals surface area contributed by atoms with Gasteiger partial charge in [-0.25, -0.2) is 4.39 Å². The number of furan rings is 1. The van der Waals surface area contributed by atoms with Crippen LogP contribution in [0.1, 0.15) is 41.6 Å². The van der Waals surface area contributed by atoms with Crippen LogP contribution in [0.4, 0.5) is 10.2 Å². The number of hydrogen-bond acceptors (Lipinski definition) is 4. The van der Waals surface area contributed by atoms with Crippen molar-refractivity contribution in [1.29, 1.82) is 0 Å². The van der Waals surface area contributed by atoms with Crippen molar-refractivity contribution in [3.8, 4) is 11.3 Å². The maximum Gasteiger partial charge on any atom is 0.229 e. The number of rotatable bonds is 4. The number of carbonyl (C=O) groups excluding carboxylic acids is 1. The molecule has 2 aromatic heterocycles. The zero-order chi connectivity index (χ0) is 16.8. The van der Waals surface area contributed by atoms with E-state index < -0.39 is 0 Å². The molecule has 5 heteroatoms. The van der Waals surface area contributed by atoms with E-state index in [-0.39, 0.29) is 11.6 Å². The lowest BCUT2D eigenvalue weighted by atomic mass is 10.0. The fraction of sp³-hybridized carbons (Fsp3) is 0.263. The second-order valence-electron chi connectivity index (χ2n) is 6.17. The molecule has 122 valence electrons. The average Bonchev–Trinajstić information content (AvgIpc) is 3.34. The van der Waals surface area contributed by atoms with Crippen LogP contribution in [0.25, 0.3) is 22.4 Å². The fourth-order valence-electron chi connectivity index (χ4n) is 3.10. The molecule has 0 atom stereocenters. The van der Waals surface area contributed by atoms with Crippen molar-refractivity contribution >= 4 is 22.7 Å². The average molecular weight is 324 g/mol. The highest BCUT2D eigenvalue weighted by Crippen LogP contribution is 2.45.